The van der Waals surface area contributed by atoms with Crippen LogP contribution in [0.15, 0.2) is 12.4 Å². The molecule has 68 valence electrons. The number of H-pyrrole nitrogens is 1. The first-order chi connectivity index (χ1) is 5.43. The lowest BCUT2D eigenvalue weighted by molar-refractivity contribution is 0.579. The number of aromatic nitrogens is 1. The van der Waals surface area contributed by atoms with Crippen LogP contribution in [0.2, 0.25) is 0 Å². The fourth-order valence-corrected chi connectivity index (χ4v) is 1.50. The summed E-state index contributed by atoms with van der Waals surface area (Å²) in [6, 6.07) is 0. The highest BCUT2D eigenvalue weighted by Crippen LogP contribution is 2.29. The molecule has 0 aliphatic heterocycles. The van der Waals surface area contributed by atoms with Gasteiger partial charge in [-0.1, -0.05) is 34.6 Å². The van der Waals surface area contributed by atoms with Crippen LogP contribution in [0, 0.1) is 0 Å². The maximum absolute atomic E-state index is 3.19. The van der Waals surface area contributed by atoms with Gasteiger partial charge in [0.1, 0.15) is 0 Å². The molecule has 1 rings (SSSR count). The topological polar surface area (TPSA) is 15.8 Å². The molecule has 0 spiro atoms. The number of hydrogen-bond acceptors (Lipinski definition) is 0. The van der Waals surface area contributed by atoms with Gasteiger partial charge in [-0.15, -0.1) is 0 Å². The molecule has 1 aromatic heterocycles. The molecule has 0 aromatic carbocycles. The lowest BCUT2D eigenvalue weighted by Gasteiger charge is -2.20. The summed E-state index contributed by atoms with van der Waals surface area (Å²) >= 11 is 0. The summed E-state index contributed by atoms with van der Waals surface area (Å²) in [5.74, 6) is 0.616. The van der Waals surface area contributed by atoms with E-state index in [1.54, 1.807) is 0 Å². The molecule has 1 heteroatoms. The van der Waals surface area contributed by atoms with Crippen molar-refractivity contribution in [1.29, 1.82) is 0 Å². The molecule has 0 amide bonds. The average molecular weight is 165 g/mol. The lowest BCUT2D eigenvalue weighted by Crippen LogP contribution is -2.12. The molecular weight excluding hydrogens is 146 g/mol. The van der Waals surface area contributed by atoms with Crippen LogP contribution < -0.4 is 0 Å². The number of rotatable bonds is 1. The molecule has 0 atom stereocenters. The molecule has 1 N–H and O–H groups in total. The van der Waals surface area contributed by atoms with Gasteiger partial charge in [0, 0.05) is 12.4 Å². The maximum atomic E-state index is 3.19. The Hall–Kier alpha value is -0.720. The van der Waals surface area contributed by atoms with Gasteiger partial charge in [0.05, 0.1) is 0 Å². The predicted octanol–water partition coefficient (Wildman–Crippen LogP) is 3.44. The quantitative estimate of drug-likeness (QED) is 0.656. The minimum absolute atomic E-state index is 0.263. The highest BCUT2D eigenvalue weighted by molar-refractivity contribution is 5.32. The highest BCUT2D eigenvalue weighted by atomic mass is 14.6. The highest BCUT2D eigenvalue weighted by Gasteiger charge is 2.19. The van der Waals surface area contributed by atoms with Crippen molar-refractivity contribution in [2.24, 2.45) is 0 Å². The third-order valence-electron chi connectivity index (χ3n) is 2.21. The molecule has 1 nitrogen and oxygen atoms in total. The minimum atomic E-state index is 0.263. The summed E-state index contributed by atoms with van der Waals surface area (Å²) < 4.78 is 0. The Balaban J connectivity index is 3.08. The Labute approximate surface area is 75.2 Å². The van der Waals surface area contributed by atoms with Crippen LogP contribution in [0.3, 0.4) is 0 Å². The maximum Gasteiger partial charge on any atom is 0.00456 e. The van der Waals surface area contributed by atoms with Crippen LogP contribution in [0.5, 0.6) is 0 Å². The molecule has 1 heterocycles. The van der Waals surface area contributed by atoms with Crippen molar-refractivity contribution in [2.45, 2.75) is 46.0 Å². The van der Waals surface area contributed by atoms with Gasteiger partial charge in [0.25, 0.3) is 0 Å². The van der Waals surface area contributed by atoms with Gasteiger partial charge in [-0.05, 0) is 22.5 Å². The van der Waals surface area contributed by atoms with E-state index < -0.39 is 0 Å². The van der Waals surface area contributed by atoms with E-state index in [0.29, 0.717) is 5.92 Å². The van der Waals surface area contributed by atoms with Gasteiger partial charge in [-0.25, -0.2) is 0 Å². The summed E-state index contributed by atoms with van der Waals surface area (Å²) in [4.78, 5) is 3.19. The van der Waals surface area contributed by atoms with E-state index in [1.807, 2.05) is 0 Å². The second kappa shape index (κ2) is 2.96. The fraction of sp³-hybridized carbons (Fsp3) is 0.636. The van der Waals surface area contributed by atoms with E-state index in [1.165, 1.54) is 11.1 Å². The molecule has 12 heavy (non-hydrogen) atoms. The first kappa shape index (κ1) is 9.37. The normalized spacial score (nSPS) is 12.5. The molecule has 0 saturated carbocycles. The number of hydrogen-bond donors (Lipinski definition) is 1. The van der Waals surface area contributed by atoms with E-state index in [0.717, 1.165) is 0 Å². The molecular formula is C11H19N. The van der Waals surface area contributed by atoms with Crippen molar-refractivity contribution in [3.63, 3.8) is 0 Å². The summed E-state index contributed by atoms with van der Waals surface area (Å²) in [5, 5.41) is 0. The van der Waals surface area contributed by atoms with E-state index >= 15 is 0 Å². The minimum Gasteiger partial charge on any atom is -0.367 e. The lowest BCUT2D eigenvalue weighted by atomic mass is 9.83. The Kier molecular flexibility index (Phi) is 2.31. The Morgan fingerprint density at radius 1 is 1.17 bits per heavy atom. The molecule has 0 aliphatic carbocycles. The SMILES string of the molecule is CC(C)c1c[nH]cc1C(C)(C)C. The van der Waals surface area contributed by atoms with Gasteiger partial charge in [-0.2, -0.15) is 0 Å². The largest absolute Gasteiger partial charge is 0.367 e. The zero-order valence-electron chi connectivity index (χ0n) is 8.73. The average Bonchev–Trinajstić information content (AvgIpc) is 2.30. The van der Waals surface area contributed by atoms with Gasteiger partial charge in [-0.3, -0.25) is 0 Å². The third-order valence-corrected chi connectivity index (χ3v) is 2.21. The van der Waals surface area contributed by atoms with Crippen LogP contribution in [0.1, 0.15) is 51.7 Å². The van der Waals surface area contributed by atoms with E-state index in [9.17, 15) is 0 Å². The molecule has 0 aliphatic rings. The summed E-state index contributed by atoms with van der Waals surface area (Å²) in [5.41, 5.74) is 3.15. The molecule has 0 saturated heterocycles. The smallest absolute Gasteiger partial charge is 0.00456 e. The van der Waals surface area contributed by atoms with Gasteiger partial charge >= 0.3 is 0 Å². The van der Waals surface area contributed by atoms with Crippen molar-refractivity contribution >= 4 is 0 Å². The summed E-state index contributed by atoms with van der Waals surface area (Å²) in [7, 11) is 0. The molecule has 0 bridgehead atoms. The summed E-state index contributed by atoms with van der Waals surface area (Å²) in [6.07, 6.45) is 4.24. The summed E-state index contributed by atoms with van der Waals surface area (Å²) in [6.45, 7) is 11.2. The monoisotopic (exact) mass is 165 g/mol. The van der Waals surface area contributed by atoms with Gasteiger partial charge in [0.2, 0.25) is 0 Å². The third kappa shape index (κ3) is 1.71. The van der Waals surface area contributed by atoms with Crippen molar-refractivity contribution in [2.75, 3.05) is 0 Å². The fourth-order valence-electron chi connectivity index (χ4n) is 1.50. The first-order valence-corrected chi connectivity index (χ1v) is 4.60. The molecule has 0 unspecified atom stereocenters. The van der Waals surface area contributed by atoms with Crippen LogP contribution >= 0.6 is 0 Å². The van der Waals surface area contributed by atoms with E-state index in [4.69, 9.17) is 0 Å². The second-order valence-electron chi connectivity index (χ2n) is 4.73. The molecule has 1 aromatic rings. The second-order valence-corrected chi connectivity index (χ2v) is 4.73. The van der Waals surface area contributed by atoms with Crippen molar-refractivity contribution in [3.05, 3.63) is 23.5 Å². The van der Waals surface area contributed by atoms with Crippen LogP contribution in [-0.4, -0.2) is 4.98 Å². The van der Waals surface area contributed by atoms with E-state index in [-0.39, 0.29) is 5.41 Å². The number of nitrogens with one attached hydrogen (secondary N) is 1. The van der Waals surface area contributed by atoms with Crippen molar-refractivity contribution < 1.29 is 0 Å². The van der Waals surface area contributed by atoms with Gasteiger partial charge in [0.15, 0.2) is 0 Å². The van der Waals surface area contributed by atoms with Crippen LogP contribution in [0.4, 0.5) is 0 Å². The Morgan fingerprint density at radius 3 is 2.08 bits per heavy atom. The Bertz CT molecular complexity index is 250. The van der Waals surface area contributed by atoms with Gasteiger partial charge < -0.3 is 4.98 Å². The zero-order chi connectivity index (χ0) is 9.35. The van der Waals surface area contributed by atoms with Crippen molar-refractivity contribution in [3.8, 4) is 0 Å². The van der Waals surface area contributed by atoms with E-state index in [2.05, 4.69) is 52.0 Å². The Morgan fingerprint density at radius 2 is 1.75 bits per heavy atom. The first-order valence-electron chi connectivity index (χ1n) is 4.60. The molecule has 0 fully saturated rings. The standard InChI is InChI=1S/C11H19N/c1-8(2)9-6-12-7-10(9)11(3,4)5/h6-8,12H,1-5H3. The molecule has 0 radical (unpaired) electrons. The van der Waals surface area contributed by atoms with Crippen molar-refractivity contribution in [1.82, 2.24) is 4.98 Å². The zero-order valence-corrected chi connectivity index (χ0v) is 8.73. The van der Waals surface area contributed by atoms with Crippen LogP contribution in [-0.2, 0) is 5.41 Å². The predicted molar refractivity (Wildman–Crippen MR) is 53.6 cm³/mol. The van der Waals surface area contributed by atoms with Crippen LogP contribution in [0.25, 0.3) is 0 Å². The number of aromatic amines is 1.